The first-order valence-electron chi connectivity index (χ1n) is 7.57. The fourth-order valence-electron chi connectivity index (χ4n) is 2.15. The van der Waals surface area contributed by atoms with E-state index in [1.807, 2.05) is 13.0 Å². The molecule has 20 heavy (non-hydrogen) atoms. The molecule has 0 unspecified atom stereocenters. The van der Waals surface area contributed by atoms with Gasteiger partial charge in [-0.3, -0.25) is 0 Å². The third-order valence-electron chi connectivity index (χ3n) is 3.46. The summed E-state index contributed by atoms with van der Waals surface area (Å²) in [5.74, 6) is 1.45. The molecule has 0 aliphatic heterocycles. The highest BCUT2D eigenvalue weighted by molar-refractivity contribution is 5.58. The van der Waals surface area contributed by atoms with Gasteiger partial charge in [0.25, 0.3) is 0 Å². The molecular formula is C18H28O2. The highest BCUT2D eigenvalue weighted by Crippen LogP contribution is 2.25. The van der Waals surface area contributed by atoms with Gasteiger partial charge in [0.1, 0.15) is 5.75 Å². The third-order valence-corrected chi connectivity index (χ3v) is 3.46. The van der Waals surface area contributed by atoms with Gasteiger partial charge >= 0.3 is 0 Å². The summed E-state index contributed by atoms with van der Waals surface area (Å²) in [5.41, 5.74) is 2.48. The topological polar surface area (TPSA) is 29.5 Å². The fourth-order valence-corrected chi connectivity index (χ4v) is 2.15. The van der Waals surface area contributed by atoms with Crippen LogP contribution in [0.1, 0.15) is 63.5 Å². The van der Waals surface area contributed by atoms with E-state index < -0.39 is 0 Å². The second-order valence-corrected chi connectivity index (χ2v) is 5.69. The minimum atomic E-state index is -0.179. The number of aliphatic hydroxyl groups is 1. The van der Waals surface area contributed by atoms with Crippen LogP contribution in [0, 0.1) is 0 Å². The Kier molecular flexibility index (Phi) is 7.38. The molecule has 2 nitrogen and oxygen atoms in total. The van der Waals surface area contributed by atoms with Gasteiger partial charge in [-0.05, 0) is 49.8 Å². The molecule has 2 heteroatoms. The average molecular weight is 276 g/mol. The molecule has 0 heterocycles. The van der Waals surface area contributed by atoms with Crippen molar-refractivity contribution in [3.8, 4) is 5.75 Å². The summed E-state index contributed by atoms with van der Waals surface area (Å²) in [6.07, 6.45) is 8.29. The quantitative estimate of drug-likeness (QED) is 0.693. The predicted octanol–water partition coefficient (Wildman–Crippen LogP) is 4.77. The summed E-state index contributed by atoms with van der Waals surface area (Å²) in [6.45, 7) is 6.24. The van der Waals surface area contributed by atoms with Crippen LogP contribution in [0.5, 0.6) is 5.75 Å². The molecule has 1 rings (SSSR count). The number of benzene rings is 1. The third kappa shape index (κ3) is 5.79. The first kappa shape index (κ1) is 16.8. The molecule has 0 aliphatic carbocycles. The molecule has 0 amide bonds. The van der Waals surface area contributed by atoms with Crippen molar-refractivity contribution in [1.82, 2.24) is 0 Å². The summed E-state index contributed by atoms with van der Waals surface area (Å²) >= 11 is 0. The van der Waals surface area contributed by atoms with Crippen LogP contribution < -0.4 is 4.74 Å². The van der Waals surface area contributed by atoms with Crippen molar-refractivity contribution < 1.29 is 9.84 Å². The molecule has 0 fully saturated rings. The number of hydrogen-bond donors (Lipinski definition) is 1. The number of allylic oxidation sites excluding steroid dienone is 1. The van der Waals surface area contributed by atoms with Crippen molar-refractivity contribution in [1.29, 1.82) is 0 Å². The lowest BCUT2D eigenvalue weighted by atomic mass is 10.00. The molecule has 0 spiro atoms. The highest BCUT2D eigenvalue weighted by atomic mass is 16.5. The zero-order valence-corrected chi connectivity index (χ0v) is 13.2. The standard InChI is InChI=1S/C18H28O2/c1-14(2)16-11-12-18(20-4)17(13-16)10-8-6-5-7-9-15(3)19/h8,10-15,19H,5-7,9H2,1-4H3/t15-/m0/s1. The van der Waals surface area contributed by atoms with Gasteiger partial charge in [0.05, 0.1) is 13.2 Å². The number of ether oxygens (including phenoxy) is 1. The summed E-state index contributed by atoms with van der Waals surface area (Å²) in [7, 11) is 1.71. The highest BCUT2D eigenvalue weighted by Gasteiger charge is 2.04. The second kappa shape index (κ2) is 8.80. The summed E-state index contributed by atoms with van der Waals surface area (Å²) in [4.78, 5) is 0. The number of methoxy groups -OCH3 is 1. The number of hydrogen-bond acceptors (Lipinski definition) is 2. The number of aliphatic hydroxyl groups excluding tert-OH is 1. The molecule has 1 aromatic rings. The second-order valence-electron chi connectivity index (χ2n) is 5.69. The van der Waals surface area contributed by atoms with Crippen LogP contribution in [-0.4, -0.2) is 18.3 Å². The monoisotopic (exact) mass is 276 g/mol. The normalized spacial score (nSPS) is 13.1. The van der Waals surface area contributed by atoms with Gasteiger partial charge in [0, 0.05) is 5.56 Å². The maximum absolute atomic E-state index is 9.20. The summed E-state index contributed by atoms with van der Waals surface area (Å²) in [6, 6.07) is 6.38. The Labute approximate surface area is 123 Å². The van der Waals surface area contributed by atoms with Gasteiger partial charge in [0.15, 0.2) is 0 Å². The molecule has 0 saturated carbocycles. The Morgan fingerprint density at radius 2 is 1.95 bits per heavy atom. The van der Waals surface area contributed by atoms with Crippen molar-refractivity contribution >= 4 is 6.08 Å². The summed E-state index contributed by atoms with van der Waals surface area (Å²) in [5, 5.41) is 9.20. The maximum atomic E-state index is 9.20. The van der Waals surface area contributed by atoms with Gasteiger partial charge in [-0.25, -0.2) is 0 Å². The molecule has 1 N–H and O–H groups in total. The van der Waals surface area contributed by atoms with Gasteiger partial charge in [-0.1, -0.05) is 38.5 Å². The van der Waals surface area contributed by atoms with Crippen molar-refractivity contribution in [3.63, 3.8) is 0 Å². The van der Waals surface area contributed by atoms with E-state index in [-0.39, 0.29) is 6.10 Å². The molecule has 1 aromatic carbocycles. The van der Waals surface area contributed by atoms with Crippen LogP contribution in [0.15, 0.2) is 24.3 Å². The Hall–Kier alpha value is -1.28. The van der Waals surface area contributed by atoms with Crippen molar-refractivity contribution in [2.45, 2.75) is 58.5 Å². The molecule has 1 atom stereocenters. The first-order chi connectivity index (χ1) is 9.54. The Balaban J connectivity index is 2.58. The molecule has 0 radical (unpaired) electrons. The molecule has 0 saturated heterocycles. The van der Waals surface area contributed by atoms with E-state index >= 15 is 0 Å². The van der Waals surface area contributed by atoms with E-state index in [2.05, 4.69) is 38.1 Å². The molecule has 0 bridgehead atoms. The average Bonchev–Trinajstić information content (AvgIpc) is 2.42. The Morgan fingerprint density at radius 1 is 1.20 bits per heavy atom. The minimum absolute atomic E-state index is 0.179. The fraction of sp³-hybridized carbons (Fsp3) is 0.556. The van der Waals surface area contributed by atoms with E-state index in [1.165, 1.54) is 5.56 Å². The van der Waals surface area contributed by atoms with Gasteiger partial charge < -0.3 is 9.84 Å². The zero-order chi connectivity index (χ0) is 15.0. The van der Waals surface area contributed by atoms with Crippen molar-refractivity contribution in [2.75, 3.05) is 7.11 Å². The Bertz CT molecular complexity index is 419. The lowest BCUT2D eigenvalue weighted by molar-refractivity contribution is 0.181. The van der Waals surface area contributed by atoms with E-state index in [9.17, 15) is 5.11 Å². The minimum Gasteiger partial charge on any atom is -0.496 e. The van der Waals surface area contributed by atoms with Crippen LogP contribution in [0.2, 0.25) is 0 Å². The van der Waals surface area contributed by atoms with Gasteiger partial charge in [-0.15, -0.1) is 0 Å². The van der Waals surface area contributed by atoms with Crippen LogP contribution in [0.25, 0.3) is 6.08 Å². The van der Waals surface area contributed by atoms with Crippen LogP contribution in [-0.2, 0) is 0 Å². The largest absolute Gasteiger partial charge is 0.496 e. The molecule has 0 aliphatic rings. The smallest absolute Gasteiger partial charge is 0.126 e. The van der Waals surface area contributed by atoms with E-state index in [1.54, 1.807) is 7.11 Å². The Morgan fingerprint density at radius 3 is 2.55 bits per heavy atom. The van der Waals surface area contributed by atoms with Crippen molar-refractivity contribution in [3.05, 3.63) is 35.4 Å². The van der Waals surface area contributed by atoms with Gasteiger partial charge in [-0.2, -0.15) is 0 Å². The first-order valence-corrected chi connectivity index (χ1v) is 7.57. The van der Waals surface area contributed by atoms with Gasteiger partial charge in [0.2, 0.25) is 0 Å². The van der Waals surface area contributed by atoms with Crippen LogP contribution >= 0.6 is 0 Å². The molecular weight excluding hydrogens is 248 g/mol. The SMILES string of the molecule is COc1ccc(C(C)C)cc1C=CCCCC[C@H](C)O. The zero-order valence-electron chi connectivity index (χ0n) is 13.2. The lowest BCUT2D eigenvalue weighted by Gasteiger charge is -2.10. The number of rotatable bonds is 8. The van der Waals surface area contributed by atoms with Crippen LogP contribution in [0.4, 0.5) is 0 Å². The van der Waals surface area contributed by atoms with E-state index in [4.69, 9.17) is 4.74 Å². The van der Waals surface area contributed by atoms with E-state index in [0.717, 1.165) is 37.0 Å². The maximum Gasteiger partial charge on any atom is 0.126 e. The van der Waals surface area contributed by atoms with Crippen LogP contribution in [0.3, 0.4) is 0 Å². The molecule has 0 aromatic heterocycles. The van der Waals surface area contributed by atoms with Crippen molar-refractivity contribution in [2.24, 2.45) is 0 Å². The lowest BCUT2D eigenvalue weighted by Crippen LogP contribution is -1.97. The number of unbranched alkanes of at least 4 members (excludes halogenated alkanes) is 2. The molecule has 112 valence electrons. The predicted molar refractivity (Wildman–Crippen MR) is 86.3 cm³/mol. The van der Waals surface area contributed by atoms with E-state index in [0.29, 0.717) is 5.92 Å². The summed E-state index contributed by atoms with van der Waals surface area (Å²) < 4.78 is 5.41.